The van der Waals surface area contributed by atoms with Crippen LogP contribution in [0.15, 0.2) is 21.1 Å². The molecule has 0 fully saturated rings. The Hall–Kier alpha value is -0.400. The minimum Gasteiger partial charge on any atom is -0.207 e. The molecule has 62 valence electrons. The van der Waals surface area contributed by atoms with Gasteiger partial charge in [-0.15, -0.1) is 0 Å². The van der Waals surface area contributed by atoms with Crippen molar-refractivity contribution in [2.24, 2.45) is 0 Å². The Morgan fingerprint density at radius 1 is 1.42 bits per heavy atom. The second-order valence-corrected chi connectivity index (χ2v) is 3.80. The van der Waals surface area contributed by atoms with Crippen molar-refractivity contribution in [1.29, 1.82) is 5.26 Å². The van der Waals surface area contributed by atoms with Crippen LogP contribution in [-0.2, 0) is 6.42 Å². The predicted octanol–water partition coefficient (Wildman–Crippen LogP) is 3.42. The number of hydrogen-bond acceptors (Lipinski definition) is 1. The topological polar surface area (TPSA) is 23.8 Å². The first kappa shape index (κ1) is 9.69. The van der Waals surface area contributed by atoms with E-state index in [0.717, 1.165) is 4.47 Å². The Labute approximate surface area is 86.5 Å². The number of rotatable bonds is 1. The zero-order valence-electron chi connectivity index (χ0n) is 5.94. The summed E-state index contributed by atoms with van der Waals surface area (Å²) in [6.07, 6.45) is 0.0753. The normalized spacial score (nSPS) is 9.50. The summed E-state index contributed by atoms with van der Waals surface area (Å²) in [4.78, 5) is 0. The predicted molar refractivity (Wildman–Crippen MR) is 51.1 cm³/mol. The lowest BCUT2D eigenvalue weighted by molar-refractivity contribution is 0.613. The van der Waals surface area contributed by atoms with Crippen molar-refractivity contribution in [3.63, 3.8) is 0 Å². The zero-order chi connectivity index (χ0) is 9.14. The van der Waals surface area contributed by atoms with Gasteiger partial charge in [-0.25, -0.2) is 4.39 Å². The van der Waals surface area contributed by atoms with E-state index in [1.165, 1.54) is 6.07 Å². The average Bonchev–Trinajstić information content (AvgIpc) is 2.06. The monoisotopic (exact) mass is 291 g/mol. The molecule has 0 atom stereocenters. The minimum absolute atomic E-state index is 0.0753. The molecule has 0 N–H and O–H groups in total. The van der Waals surface area contributed by atoms with Crippen LogP contribution in [0.3, 0.4) is 0 Å². The number of hydrogen-bond donors (Lipinski definition) is 0. The largest absolute Gasteiger partial charge is 0.207 e. The van der Waals surface area contributed by atoms with Crippen molar-refractivity contribution in [1.82, 2.24) is 0 Å². The summed E-state index contributed by atoms with van der Waals surface area (Å²) < 4.78 is 14.4. The lowest BCUT2D eigenvalue weighted by Gasteiger charge is -2.02. The van der Waals surface area contributed by atoms with Gasteiger partial charge >= 0.3 is 0 Å². The molecule has 1 rings (SSSR count). The molecule has 0 aromatic heterocycles. The van der Waals surface area contributed by atoms with Crippen LogP contribution in [0.1, 0.15) is 5.56 Å². The fourth-order valence-electron chi connectivity index (χ4n) is 0.810. The molecule has 0 bridgehead atoms. The summed E-state index contributed by atoms with van der Waals surface area (Å²) in [7, 11) is 0. The van der Waals surface area contributed by atoms with Crippen LogP contribution in [0.4, 0.5) is 4.39 Å². The van der Waals surface area contributed by atoms with Crippen molar-refractivity contribution >= 4 is 31.9 Å². The quantitative estimate of drug-likeness (QED) is 0.728. The highest BCUT2D eigenvalue weighted by Gasteiger charge is 2.08. The standard InChI is InChI=1S/C8H4Br2FN/c9-6-1-2-7(11)5(3-4-12)8(6)10/h1-2H,3H2. The number of nitrogens with zero attached hydrogens (tertiary/aromatic N) is 1. The molecule has 0 unspecified atom stereocenters. The molecule has 1 aromatic carbocycles. The minimum atomic E-state index is -0.355. The molecule has 0 saturated carbocycles. The highest BCUT2D eigenvalue weighted by Crippen LogP contribution is 2.28. The SMILES string of the molecule is N#CCc1c(F)ccc(Br)c1Br. The third kappa shape index (κ3) is 1.85. The molecule has 0 amide bonds. The molecule has 0 radical (unpaired) electrons. The van der Waals surface area contributed by atoms with Gasteiger partial charge in [0.2, 0.25) is 0 Å². The average molecular weight is 293 g/mol. The summed E-state index contributed by atoms with van der Waals surface area (Å²) in [5.74, 6) is -0.355. The molecule has 0 spiro atoms. The zero-order valence-corrected chi connectivity index (χ0v) is 9.11. The molecule has 0 saturated heterocycles. The highest BCUT2D eigenvalue weighted by molar-refractivity contribution is 9.13. The summed E-state index contributed by atoms with van der Waals surface area (Å²) >= 11 is 6.42. The van der Waals surface area contributed by atoms with E-state index in [1.807, 2.05) is 6.07 Å². The lowest BCUT2D eigenvalue weighted by Crippen LogP contribution is -1.90. The fraction of sp³-hybridized carbons (Fsp3) is 0.125. The van der Waals surface area contributed by atoms with Gasteiger partial charge in [-0.05, 0) is 44.0 Å². The van der Waals surface area contributed by atoms with Crippen LogP contribution in [0.25, 0.3) is 0 Å². The summed E-state index contributed by atoms with van der Waals surface area (Å²) in [6.45, 7) is 0. The number of nitriles is 1. The van der Waals surface area contributed by atoms with E-state index in [0.29, 0.717) is 10.0 Å². The van der Waals surface area contributed by atoms with Crippen molar-refractivity contribution in [2.45, 2.75) is 6.42 Å². The van der Waals surface area contributed by atoms with Crippen molar-refractivity contribution in [3.05, 3.63) is 32.5 Å². The molecular formula is C8H4Br2FN. The van der Waals surface area contributed by atoms with Crippen LogP contribution < -0.4 is 0 Å². The van der Waals surface area contributed by atoms with Gasteiger partial charge in [-0.2, -0.15) is 5.26 Å². The number of halogens is 3. The Morgan fingerprint density at radius 3 is 2.67 bits per heavy atom. The molecule has 4 heteroatoms. The molecule has 0 aliphatic heterocycles. The van der Waals surface area contributed by atoms with Crippen molar-refractivity contribution < 1.29 is 4.39 Å². The van der Waals surface area contributed by atoms with Gasteiger partial charge in [-0.1, -0.05) is 0 Å². The third-order valence-corrected chi connectivity index (χ3v) is 3.49. The van der Waals surface area contributed by atoms with E-state index < -0.39 is 0 Å². The van der Waals surface area contributed by atoms with Gasteiger partial charge in [0.05, 0.1) is 12.5 Å². The molecule has 0 aliphatic rings. The summed E-state index contributed by atoms with van der Waals surface area (Å²) in [5, 5.41) is 8.41. The van der Waals surface area contributed by atoms with E-state index in [4.69, 9.17) is 5.26 Å². The van der Waals surface area contributed by atoms with Gasteiger partial charge in [0.15, 0.2) is 0 Å². The van der Waals surface area contributed by atoms with Gasteiger partial charge in [0, 0.05) is 14.5 Å². The van der Waals surface area contributed by atoms with E-state index >= 15 is 0 Å². The van der Waals surface area contributed by atoms with E-state index in [-0.39, 0.29) is 12.2 Å². The van der Waals surface area contributed by atoms with Crippen molar-refractivity contribution in [2.75, 3.05) is 0 Å². The maximum Gasteiger partial charge on any atom is 0.128 e. The first-order valence-corrected chi connectivity index (χ1v) is 4.74. The van der Waals surface area contributed by atoms with Crippen molar-refractivity contribution in [3.8, 4) is 6.07 Å². The highest BCUT2D eigenvalue weighted by atomic mass is 79.9. The summed E-state index contributed by atoms with van der Waals surface area (Å²) in [6, 6.07) is 4.83. The first-order chi connectivity index (χ1) is 5.66. The second-order valence-electron chi connectivity index (χ2n) is 2.16. The molecule has 1 aromatic rings. The Balaban J connectivity index is 3.25. The molecule has 1 nitrogen and oxygen atoms in total. The van der Waals surface area contributed by atoms with Gasteiger partial charge in [0.25, 0.3) is 0 Å². The summed E-state index contributed by atoms with van der Waals surface area (Å²) in [5.41, 5.74) is 0.395. The maximum atomic E-state index is 13.0. The van der Waals surface area contributed by atoms with Crippen LogP contribution in [-0.4, -0.2) is 0 Å². The number of benzene rings is 1. The lowest BCUT2D eigenvalue weighted by atomic mass is 10.1. The maximum absolute atomic E-state index is 13.0. The van der Waals surface area contributed by atoms with E-state index in [2.05, 4.69) is 31.9 Å². The molecule has 0 aliphatic carbocycles. The second kappa shape index (κ2) is 4.01. The van der Waals surface area contributed by atoms with Gasteiger partial charge in [-0.3, -0.25) is 0 Å². The van der Waals surface area contributed by atoms with Gasteiger partial charge in [0.1, 0.15) is 5.82 Å². The smallest absolute Gasteiger partial charge is 0.128 e. The first-order valence-electron chi connectivity index (χ1n) is 3.16. The fourth-order valence-corrected chi connectivity index (χ4v) is 1.64. The Kier molecular flexibility index (Phi) is 3.24. The Morgan fingerprint density at radius 2 is 2.08 bits per heavy atom. The molecular weight excluding hydrogens is 289 g/mol. The molecule has 12 heavy (non-hydrogen) atoms. The van der Waals surface area contributed by atoms with E-state index in [9.17, 15) is 4.39 Å². The third-order valence-electron chi connectivity index (χ3n) is 1.39. The van der Waals surface area contributed by atoms with Crippen LogP contribution in [0, 0.1) is 17.1 Å². The molecule has 0 heterocycles. The van der Waals surface area contributed by atoms with Crippen LogP contribution in [0.5, 0.6) is 0 Å². The van der Waals surface area contributed by atoms with E-state index in [1.54, 1.807) is 6.07 Å². The van der Waals surface area contributed by atoms with Crippen LogP contribution in [0.2, 0.25) is 0 Å². The Bertz CT molecular complexity index is 344. The van der Waals surface area contributed by atoms with Crippen LogP contribution >= 0.6 is 31.9 Å². The van der Waals surface area contributed by atoms with Gasteiger partial charge < -0.3 is 0 Å².